The zero-order valence-corrected chi connectivity index (χ0v) is 22.2. The fourth-order valence-corrected chi connectivity index (χ4v) is 5.81. The number of hydrogen-bond donors (Lipinski definition) is 3. The summed E-state index contributed by atoms with van der Waals surface area (Å²) in [6.07, 6.45) is 6.77. The molecule has 1 aliphatic carbocycles. The molecular weight excluding hydrogens is 472 g/mol. The SMILES string of the molecule is CN1CCC(Oc2ccc(C(=N)c3cc(NC(=O)C(c4ccccc4)C4CCCC4)ccc3N)cc2)CC1. The van der Waals surface area contributed by atoms with Crippen molar-refractivity contribution in [1.82, 2.24) is 4.90 Å². The van der Waals surface area contributed by atoms with Gasteiger partial charge in [-0.15, -0.1) is 0 Å². The number of nitrogen functional groups attached to an aromatic ring is 1. The third-order valence-electron chi connectivity index (χ3n) is 8.01. The smallest absolute Gasteiger partial charge is 0.232 e. The lowest BCUT2D eigenvalue weighted by Crippen LogP contribution is -2.35. The summed E-state index contributed by atoms with van der Waals surface area (Å²) in [6.45, 7) is 2.10. The summed E-state index contributed by atoms with van der Waals surface area (Å²) in [7, 11) is 2.14. The van der Waals surface area contributed by atoms with E-state index in [2.05, 4.69) is 17.3 Å². The Hall–Kier alpha value is -3.64. The molecule has 0 spiro atoms. The molecule has 3 aromatic carbocycles. The Morgan fingerprint density at radius 1 is 0.974 bits per heavy atom. The summed E-state index contributed by atoms with van der Waals surface area (Å²) in [5.41, 5.74) is 10.2. The van der Waals surface area contributed by atoms with Crippen LogP contribution < -0.4 is 15.8 Å². The normalized spacial score (nSPS) is 17.7. The number of nitrogens with one attached hydrogen (secondary N) is 2. The number of nitrogens with zero attached hydrogens (tertiary/aromatic N) is 1. The van der Waals surface area contributed by atoms with Gasteiger partial charge in [0.1, 0.15) is 11.9 Å². The average Bonchev–Trinajstić information content (AvgIpc) is 3.46. The van der Waals surface area contributed by atoms with Crippen molar-refractivity contribution in [2.24, 2.45) is 5.92 Å². The molecule has 6 nitrogen and oxygen atoms in total. The summed E-state index contributed by atoms with van der Waals surface area (Å²) < 4.78 is 6.16. The van der Waals surface area contributed by atoms with Crippen LogP contribution in [-0.2, 0) is 4.79 Å². The molecule has 6 heteroatoms. The first-order valence-corrected chi connectivity index (χ1v) is 13.8. The summed E-state index contributed by atoms with van der Waals surface area (Å²) in [5, 5.41) is 12.0. The molecule has 1 atom stereocenters. The second-order valence-corrected chi connectivity index (χ2v) is 10.7. The van der Waals surface area contributed by atoms with Gasteiger partial charge in [-0.05, 0) is 86.7 Å². The molecule has 2 fully saturated rings. The lowest BCUT2D eigenvalue weighted by Gasteiger charge is -2.29. The third kappa shape index (κ3) is 6.08. The Bertz CT molecular complexity index is 1240. The number of benzene rings is 3. The number of nitrogens with two attached hydrogens (primary N) is 1. The van der Waals surface area contributed by atoms with Crippen molar-refractivity contribution in [1.29, 1.82) is 5.41 Å². The van der Waals surface area contributed by atoms with Gasteiger partial charge >= 0.3 is 0 Å². The van der Waals surface area contributed by atoms with Gasteiger partial charge in [0.2, 0.25) is 5.91 Å². The van der Waals surface area contributed by atoms with Crippen molar-refractivity contribution >= 4 is 23.0 Å². The van der Waals surface area contributed by atoms with Crippen LogP contribution in [0.4, 0.5) is 11.4 Å². The Morgan fingerprint density at radius 2 is 1.66 bits per heavy atom. The average molecular weight is 511 g/mol. The minimum atomic E-state index is -0.184. The predicted octanol–water partition coefficient (Wildman–Crippen LogP) is 6.07. The highest BCUT2D eigenvalue weighted by Gasteiger charge is 2.32. The number of ether oxygens (including phenoxy) is 1. The monoisotopic (exact) mass is 510 g/mol. The van der Waals surface area contributed by atoms with Gasteiger partial charge in [0.25, 0.3) is 0 Å². The van der Waals surface area contributed by atoms with E-state index in [-0.39, 0.29) is 17.9 Å². The van der Waals surface area contributed by atoms with E-state index >= 15 is 0 Å². The van der Waals surface area contributed by atoms with Crippen LogP contribution >= 0.6 is 0 Å². The van der Waals surface area contributed by atoms with Crippen molar-refractivity contribution < 1.29 is 9.53 Å². The molecule has 0 bridgehead atoms. The van der Waals surface area contributed by atoms with Crippen LogP contribution in [0.5, 0.6) is 5.75 Å². The van der Waals surface area contributed by atoms with E-state index in [1.54, 1.807) is 6.07 Å². The third-order valence-corrected chi connectivity index (χ3v) is 8.01. The summed E-state index contributed by atoms with van der Waals surface area (Å²) >= 11 is 0. The molecule has 1 heterocycles. The number of carbonyl (C=O) groups excluding carboxylic acids is 1. The Kier molecular flexibility index (Phi) is 8.08. The van der Waals surface area contributed by atoms with Gasteiger partial charge in [-0.3, -0.25) is 10.2 Å². The molecule has 1 saturated carbocycles. The predicted molar refractivity (Wildman–Crippen MR) is 154 cm³/mol. The van der Waals surface area contributed by atoms with Crippen LogP contribution in [0.15, 0.2) is 72.8 Å². The molecule has 3 aromatic rings. The molecule has 1 aliphatic heterocycles. The van der Waals surface area contributed by atoms with Crippen LogP contribution in [-0.4, -0.2) is 42.8 Å². The molecule has 1 amide bonds. The number of carbonyl (C=O) groups is 1. The molecule has 2 aliphatic rings. The lowest BCUT2D eigenvalue weighted by molar-refractivity contribution is -0.118. The van der Waals surface area contributed by atoms with Crippen molar-refractivity contribution in [3.05, 3.63) is 89.5 Å². The number of rotatable bonds is 8. The van der Waals surface area contributed by atoms with Crippen LogP contribution in [0.2, 0.25) is 0 Å². The molecule has 198 valence electrons. The lowest BCUT2D eigenvalue weighted by atomic mass is 9.84. The van der Waals surface area contributed by atoms with Crippen LogP contribution in [0.25, 0.3) is 0 Å². The number of amides is 1. The number of anilines is 2. The zero-order chi connectivity index (χ0) is 26.5. The largest absolute Gasteiger partial charge is 0.490 e. The maximum absolute atomic E-state index is 13.5. The molecule has 0 aromatic heterocycles. The maximum Gasteiger partial charge on any atom is 0.232 e. The van der Waals surface area contributed by atoms with E-state index < -0.39 is 0 Å². The maximum atomic E-state index is 13.5. The highest BCUT2D eigenvalue weighted by molar-refractivity contribution is 6.14. The molecule has 5 rings (SSSR count). The Morgan fingerprint density at radius 3 is 2.34 bits per heavy atom. The highest BCUT2D eigenvalue weighted by atomic mass is 16.5. The van der Waals surface area contributed by atoms with E-state index in [9.17, 15) is 4.79 Å². The summed E-state index contributed by atoms with van der Waals surface area (Å²) in [5.74, 6) is 0.986. The molecule has 4 N–H and O–H groups in total. The van der Waals surface area contributed by atoms with Crippen molar-refractivity contribution in [2.75, 3.05) is 31.2 Å². The second kappa shape index (κ2) is 11.8. The number of hydrogen-bond acceptors (Lipinski definition) is 5. The zero-order valence-electron chi connectivity index (χ0n) is 22.2. The number of piperidine rings is 1. The van der Waals surface area contributed by atoms with Gasteiger partial charge in [0, 0.05) is 35.6 Å². The highest BCUT2D eigenvalue weighted by Crippen LogP contribution is 2.38. The first-order chi connectivity index (χ1) is 18.5. The standard InChI is InChI=1S/C32H38N4O2/c1-36-19-17-27(18-20-36)38-26-14-11-24(12-15-26)31(34)28-21-25(13-16-29(28)33)35-32(37)30(23-9-5-6-10-23)22-7-3-2-4-8-22/h2-4,7-8,11-16,21,23,27,30,34H,5-6,9-10,17-20,33H2,1H3,(H,35,37). The number of likely N-dealkylation sites (tertiary alicyclic amines) is 1. The molecule has 38 heavy (non-hydrogen) atoms. The van der Waals surface area contributed by atoms with Crippen molar-refractivity contribution in [3.8, 4) is 5.75 Å². The van der Waals surface area contributed by atoms with Gasteiger partial charge < -0.3 is 20.7 Å². The topological polar surface area (TPSA) is 91.4 Å². The molecule has 0 radical (unpaired) electrons. The minimum absolute atomic E-state index is 0.000704. The van der Waals surface area contributed by atoms with E-state index in [0.29, 0.717) is 28.6 Å². The minimum Gasteiger partial charge on any atom is -0.490 e. The quantitative estimate of drug-likeness (QED) is 0.253. The Labute approximate surface area is 225 Å². The van der Waals surface area contributed by atoms with E-state index in [1.165, 1.54) is 12.8 Å². The van der Waals surface area contributed by atoms with Crippen molar-refractivity contribution in [3.63, 3.8) is 0 Å². The van der Waals surface area contributed by atoms with Gasteiger partial charge in [-0.25, -0.2) is 0 Å². The summed E-state index contributed by atoms with van der Waals surface area (Å²) in [6, 6.07) is 23.1. The van der Waals surface area contributed by atoms with Crippen molar-refractivity contribution in [2.45, 2.75) is 50.5 Å². The Balaban J connectivity index is 1.29. The van der Waals surface area contributed by atoms with Gasteiger partial charge in [-0.1, -0.05) is 43.2 Å². The first kappa shape index (κ1) is 26.0. The fourth-order valence-electron chi connectivity index (χ4n) is 5.81. The van der Waals surface area contributed by atoms with Crippen LogP contribution in [0.1, 0.15) is 61.1 Å². The van der Waals surface area contributed by atoms with Gasteiger partial charge in [0.05, 0.1) is 11.6 Å². The van der Waals surface area contributed by atoms with Crippen LogP contribution in [0, 0.1) is 11.3 Å². The van der Waals surface area contributed by atoms with E-state index in [4.69, 9.17) is 15.9 Å². The van der Waals surface area contributed by atoms with Gasteiger partial charge in [-0.2, -0.15) is 0 Å². The molecule has 1 saturated heterocycles. The molecule has 1 unspecified atom stereocenters. The summed E-state index contributed by atoms with van der Waals surface area (Å²) in [4.78, 5) is 15.9. The second-order valence-electron chi connectivity index (χ2n) is 10.7. The van der Waals surface area contributed by atoms with Crippen LogP contribution in [0.3, 0.4) is 0 Å². The fraction of sp³-hybridized carbons (Fsp3) is 0.375. The van der Waals surface area contributed by atoms with Gasteiger partial charge in [0.15, 0.2) is 0 Å². The van der Waals surface area contributed by atoms with E-state index in [0.717, 1.165) is 55.6 Å². The van der Waals surface area contributed by atoms with E-state index in [1.807, 2.05) is 66.7 Å². The first-order valence-electron chi connectivity index (χ1n) is 13.8. The molecular formula is C32H38N4O2.